The second-order valence-corrected chi connectivity index (χ2v) is 7.41. The summed E-state index contributed by atoms with van der Waals surface area (Å²) in [4.78, 5) is 21.9. The first-order chi connectivity index (χ1) is 13.0. The Morgan fingerprint density at radius 3 is 2.56 bits per heavy atom. The monoisotopic (exact) mass is 362 g/mol. The summed E-state index contributed by atoms with van der Waals surface area (Å²) in [5, 5.41) is 0. The molecule has 0 radical (unpaired) electrons. The molecule has 3 heterocycles. The van der Waals surface area contributed by atoms with E-state index in [9.17, 15) is 4.79 Å². The van der Waals surface area contributed by atoms with Crippen molar-refractivity contribution in [1.82, 2.24) is 14.3 Å². The molecular weight excluding hydrogens is 336 g/mol. The Balaban J connectivity index is 1.45. The first kappa shape index (κ1) is 17.6. The van der Waals surface area contributed by atoms with Crippen LogP contribution in [0.15, 0.2) is 42.6 Å². The minimum absolute atomic E-state index is 0.185. The quantitative estimate of drug-likeness (QED) is 0.719. The van der Waals surface area contributed by atoms with Crippen molar-refractivity contribution in [3.8, 4) is 0 Å². The highest BCUT2D eigenvalue weighted by Crippen LogP contribution is 2.20. The minimum atomic E-state index is 0.185. The number of amides is 1. The number of rotatable bonds is 3. The minimum Gasteiger partial charge on any atom is -0.368 e. The second-order valence-electron chi connectivity index (χ2n) is 7.41. The van der Waals surface area contributed by atoms with E-state index in [2.05, 4.69) is 58.5 Å². The van der Waals surface area contributed by atoms with Gasteiger partial charge in [0.25, 0.3) is 0 Å². The largest absolute Gasteiger partial charge is 0.368 e. The average Bonchev–Trinajstić information content (AvgIpc) is 2.99. The fraction of sp³-hybridized carbons (Fsp3) is 0.364. The number of aryl methyl sites for hydroxylation is 3. The molecule has 0 saturated carbocycles. The number of nitrogens with zero attached hydrogens (tertiary/aromatic N) is 4. The molecule has 4 rings (SSSR count). The maximum atomic E-state index is 12.9. The lowest BCUT2D eigenvalue weighted by atomic mass is 10.1. The first-order valence-corrected chi connectivity index (χ1v) is 9.55. The number of anilines is 1. The zero-order valence-electron chi connectivity index (χ0n) is 16.3. The second kappa shape index (κ2) is 7.06. The van der Waals surface area contributed by atoms with Gasteiger partial charge in [0.15, 0.2) is 0 Å². The van der Waals surface area contributed by atoms with Gasteiger partial charge in [-0.05, 0) is 50.1 Å². The van der Waals surface area contributed by atoms with E-state index in [0.29, 0.717) is 6.42 Å². The molecule has 0 unspecified atom stereocenters. The van der Waals surface area contributed by atoms with Crippen LogP contribution in [0, 0.1) is 20.8 Å². The summed E-state index contributed by atoms with van der Waals surface area (Å²) < 4.78 is 2.06. The third kappa shape index (κ3) is 3.42. The van der Waals surface area contributed by atoms with Crippen LogP contribution in [0.2, 0.25) is 0 Å². The molecule has 1 aromatic carbocycles. The van der Waals surface area contributed by atoms with E-state index in [1.165, 1.54) is 11.3 Å². The molecule has 1 aliphatic heterocycles. The number of fused-ring (bicyclic) bond motifs is 1. The van der Waals surface area contributed by atoms with Crippen LogP contribution < -0.4 is 4.90 Å². The van der Waals surface area contributed by atoms with Gasteiger partial charge in [0.05, 0.1) is 17.8 Å². The molecule has 0 aliphatic carbocycles. The molecule has 5 heteroatoms. The zero-order valence-corrected chi connectivity index (χ0v) is 16.3. The smallest absolute Gasteiger partial charge is 0.228 e. The Morgan fingerprint density at radius 2 is 1.81 bits per heavy atom. The van der Waals surface area contributed by atoms with E-state index in [1.807, 2.05) is 24.1 Å². The van der Waals surface area contributed by atoms with Gasteiger partial charge in [0.1, 0.15) is 5.65 Å². The molecule has 1 fully saturated rings. The molecule has 0 spiro atoms. The van der Waals surface area contributed by atoms with Crippen LogP contribution in [-0.4, -0.2) is 46.4 Å². The Hall–Kier alpha value is -2.82. The van der Waals surface area contributed by atoms with Crippen molar-refractivity contribution in [2.45, 2.75) is 27.2 Å². The van der Waals surface area contributed by atoms with E-state index in [0.717, 1.165) is 48.8 Å². The number of pyridine rings is 1. The van der Waals surface area contributed by atoms with Crippen molar-refractivity contribution >= 4 is 17.2 Å². The molecular formula is C22H26N4O. The normalized spacial score (nSPS) is 14.8. The van der Waals surface area contributed by atoms with E-state index >= 15 is 0 Å². The van der Waals surface area contributed by atoms with E-state index in [4.69, 9.17) is 0 Å². The molecule has 0 atom stereocenters. The lowest BCUT2D eigenvalue weighted by Gasteiger charge is -2.36. The summed E-state index contributed by atoms with van der Waals surface area (Å²) in [5.41, 5.74) is 6.53. The zero-order chi connectivity index (χ0) is 19.0. The summed E-state index contributed by atoms with van der Waals surface area (Å²) >= 11 is 0. The van der Waals surface area contributed by atoms with Crippen molar-refractivity contribution in [1.29, 1.82) is 0 Å². The average molecular weight is 362 g/mol. The fourth-order valence-electron chi connectivity index (χ4n) is 3.87. The van der Waals surface area contributed by atoms with E-state index < -0.39 is 0 Å². The molecule has 2 aromatic heterocycles. The molecule has 27 heavy (non-hydrogen) atoms. The summed E-state index contributed by atoms with van der Waals surface area (Å²) in [6.07, 6.45) is 2.40. The van der Waals surface area contributed by atoms with Crippen LogP contribution in [-0.2, 0) is 11.2 Å². The number of aromatic nitrogens is 2. The Bertz CT molecular complexity index is 983. The van der Waals surface area contributed by atoms with Crippen LogP contribution in [0.4, 0.5) is 5.69 Å². The van der Waals surface area contributed by atoms with Crippen molar-refractivity contribution in [2.24, 2.45) is 0 Å². The number of hydrogen-bond donors (Lipinski definition) is 0. The molecule has 140 valence electrons. The van der Waals surface area contributed by atoms with Crippen LogP contribution in [0.3, 0.4) is 0 Å². The number of piperazine rings is 1. The van der Waals surface area contributed by atoms with Gasteiger partial charge in [-0.2, -0.15) is 0 Å². The van der Waals surface area contributed by atoms with Gasteiger partial charge in [0.2, 0.25) is 5.91 Å². The molecule has 0 N–H and O–H groups in total. The summed E-state index contributed by atoms with van der Waals surface area (Å²) in [5.74, 6) is 0.185. The molecule has 1 amide bonds. The molecule has 0 bridgehead atoms. The summed E-state index contributed by atoms with van der Waals surface area (Å²) in [6, 6.07) is 12.6. The Kier molecular flexibility index (Phi) is 4.60. The van der Waals surface area contributed by atoms with Crippen molar-refractivity contribution in [2.75, 3.05) is 31.1 Å². The highest BCUT2D eigenvalue weighted by atomic mass is 16.2. The van der Waals surface area contributed by atoms with E-state index in [1.54, 1.807) is 0 Å². The number of carbonyl (C=O) groups excluding carboxylic acids is 1. The van der Waals surface area contributed by atoms with E-state index in [-0.39, 0.29) is 5.91 Å². The standard InChI is InChI=1S/C22H26N4O/c1-16-6-4-8-19(14-16)24-10-12-25(13-11-24)21(27)15-20-18(3)23-22-17(2)7-5-9-26(20)22/h4-9,14H,10-13,15H2,1-3H3. The predicted molar refractivity (Wildman–Crippen MR) is 108 cm³/mol. The third-order valence-corrected chi connectivity index (χ3v) is 5.46. The lowest BCUT2D eigenvalue weighted by molar-refractivity contribution is -0.130. The van der Waals surface area contributed by atoms with Crippen molar-refractivity contribution < 1.29 is 4.79 Å². The maximum Gasteiger partial charge on any atom is 0.228 e. The Morgan fingerprint density at radius 1 is 1.04 bits per heavy atom. The molecule has 1 saturated heterocycles. The third-order valence-electron chi connectivity index (χ3n) is 5.46. The molecule has 5 nitrogen and oxygen atoms in total. The van der Waals surface area contributed by atoms with Gasteiger partial charge in [-0.15, -0.1) is 0 Å². The van der Waals surface area contributed by atoms with Gasteiger partial charge in [-0.1, -0.05) is 18.2 Å². The maximum absolute atomic E-state index is 12.9. The van der Waals surface area contributed by atoms with Crippen LogP contribution >= 0.6 is 0 Å². The summed E-state index contributed by atoms with van der Waals surface area (Å²) in [7, 11) is 0. The summed E-state index contributed by atoms with van der Waals surface area (Å²) in [6.45, 7) is 9.44. The fourth-order valence-corrected chi connectivity index (χ4v) is 3.87. The number of benzene rings is 1. The number of imidazole rings is 1. The van der Waals surface area contributed by atoms with Crippen LogP contribution in [0.5, 0.6) is 0 Å². The van der Waals surface area contributed by atoms with Crippen LogP contribution in [0.1, 0.15) is 22.5 Å². The molecule has 1 aliphatic rings. The van der Waals surface area contributed by atoms with Gasteiger partial charge >= 0.3 is 0 Å². The topological polar surface area (TPSA) is 40.8 Å². The highest BCUT2D eigenvalue weighted by molar-refractivity contribution is 5.79. The van der Waals surface area contributed by atoms with Crippen molar-refractivity contribution in [3.05, 3.63) is 65.1 Å². The first-order valence-electron chi connectivity index (χ1n) is 9.55. The SMILES string of the molecule is Cc1cccc(N2CCN(C(=O)Cc3c(C)nc4c(C)cccn34)CC2)c1. The lowest BCUT2D eigenvalue weighted by Crippen LogP contribution is -2.49. The van der Waals surface area contributed by atoms with Crippen LogP contribution in [0.25, 0.3) is 5.65 Å². The highest BCUT2D eigenvalue weighted by Gasteiger charge is 2.23. The number of carbonyl (C=O) groups is 1. The Labute approximate surface area is 160 Å². The van der Waals surface area contributed by atoms with Gasteiger partial charge in [-0.25, -0.2) is 4.98 Å². The van der Waals surface area contributed by atoms with Gasteiger partial charge in [0, 0.05) is 38.1 Å². The van der Waals surface area contributed by atoms with Crippen molar-refractivity contribution in [3.63, 3.8) is 0 Å². The molecule has 3 aromatic rings. The predicted octanol–water partition coefficient (Wildman–Crippen LogP) is 3.15. The van der Waals surface area contributed by atoms with Gasteiger partial charge in [-0.3, -0.25) is 4.79 Å². The van der Waals surface area contributed by atoms with Gasteiger partial charge < -0.3 is 14.2 Å². The number of hydrogen-bond acceptors (Lipinski definition) is 3.